The molecule has 1 amide bonds. The Balaban J connectivity index is 1.47. The van der Waals surface area contributed by atoms with Crippen molar-refractivity contribution in [1.29, 1.82) is 0 Å². The summed E-state index contributed by atoms with van der Waals surface area (Å²) >= 11 is 0. The van der Waals surface area contributed by atoms with Gasteiger partial charge in [0, 0.05) is 11.6 Å². The van der Waals surface area contributed by atoms with Gasteiger partial charge >= 0.3 is 0 Å². The number of nitrogens with one attached hydrogen (secondary N) is 2. The minimum absolute atomic E-state index is 0.00648. The second-order valence-corrected chi connectivity index (χ2v) is 7.73. The van der Waals surface area contributed by atoms with Crippen molar-refractivity contribution in [1.82, 2.24) is 10.6 Å². The van der Waals surface area contributed by atoms with Crippen LogP contribution in [-0.2, 0) is 9.53 Å². The van der Waals surface area contributed by atoms with E-state index in [-0.39, 0.29) is 23.4 Å². The van der Waals surface area contributed by atoms with Gasteiger partial charge in [-0.1, -0.05) is 0 Å². The molecule has 2 unspecified atom stereocenters. The zero-order chi connectivity index (χ0) is 13.7. The highest BCUT2D eigenvalue weighted by Crippen LogP contribution is 2.55. The van der Waals surface area contributed by atoms with E-state index in [0.717, 1.165) is 17.8 Å². The lowest BCUT2D eigenvalue weighted by Gasteiger charge is -2.57. The second-order valence-electron chi connectivity index (χ2n) is 7.73. The monoisotopic (exact) mass is 278 g/mol. The van der Waals surface area contributed by atoms with E-state index in [9.17, 15) is 4.79 Å². The fourth-order valence-corrected chi connectivity index (χ4v) is 5.71. The van der Waals surface area contributed by atoms with Crippen molar-refractivity contribution in [3.63, 3.8) is 0 Å². The van der Waals surface area contributed by atoms with E-state index >= 15 is 0 Å². The number of carbonyl (C=O) groups is 1. The molecule has 0 aromatic rings. The Labute approximate surface area is 121 Å². The van der Waals surface area contributed by atoms with Crippen LogP contribution in [0, 0.1) is 23.7 Å². The summed E-state index contributed by atoms with van der Waals surface area (Å²) in [5.74, 6) is 2.85. The van der Waals surface area contributed by atoms with Crippen molar-refractivity contribution < 1.29 is 9.53 Å². The molecule has 1 aliphatic heterocycles. The molecule has 4 saturated carbocycles. The highest BCUT2D eigenvalue weighted by Gasteiger charge is 2.52. The van der Waals surface area contributed by atoms with E-state index in [0.29, 0.717) is 13.2 Å². The Kier molecular flexibility index (Phi) is 3.08. The summed E-state index contributed by atoms with van der Waals surface area (Å²) in [6.45, 7) is 1.24. The normalized spacial score (nSPS) is 49.5. The first kappa shape index (κ1) is 13.1. The van der Waals surface area contributed by atoms with Crippen LogP contribution in [0.5, 0.6) is 0 Å². The van der Waals surface area contributed by atoms with Gasteiger partial charge in [0.05, 0.1) is 19.1 Å². The minimum Gasteiger partial charge on any atom is -0.379 e. The average molecular weight is 278 g/mol. The summed E-state index contributed by atoms with van der Waals surface area (Å²) in [7, 11) is 1.92. The van der Waals surface area contributed by atoms with Crippen LogP contribution in [0.2, 0.25) is 0 Å². The molecule has 0 radical (unpaired) electrons. The molecule has 2 N–H and O–H groups in total. The third-order valence-corrected chi connectivity index (χ3v) is 6.21. The lowest BCUT2D eigenvalue weighted by molar-refractivity contribution is -0.131. The largest absolute Gasteiger partial charge is 0.379 e. The summed E-state index contributed by atoms with van der Waals surface area (Å²) in [6.07, 6.45) is 7.93. The molecule has 20 heavy (non-hydrogen) atoms. The maximum Gasteiger partial charge on any atom is 0.227 e. The van der Waals surface area contributed by atoms with Crippen molar-refractivity contribution in [2.45, 2.75) is 50.1 Å². The van der Waals surface area contributed by atoms with E-state index in [2.05, 4.69) is 10.6 Å². The van der Waals surface area contributed by atoms with Gasteiger partial charge in [-0.15, -0.1) is 0 Å². The standard InChI is InChI=1S/C16H26N2O2/c1-17-14-9-20-8-13(14)15(19)18-16-5-10-2-11(6-16)4-12(3-10)7-16/h10-14,17H,2-9H2,1H3,(H,18,19). The lowest BCUT2D eigenvalue weighted by Crippen LogP contribution is -2.61. The maximum atomic E-state index is 12.7. The van der Waals surface area contributed by atoms with Crippen LogP contribution in [0.3, 0.4) is 0 Å². The third kappa shape index (κ3) is 2.08. The molecule has 2 atom stereocenters. The van der Waals surface area contributed by atoms with E-state index in [1.165, 1.54) is 38.5 Å². The highest BCUT2D eigenvalue weighted by atomic mass is 16.5. The maximum absolute atomic E-state index is 12.7. The molecule has 4 aliphatic carbocycles. The summed E-state index contributed by atoms with van der Waals surface area (Å²) in [5.41, 5.74) is 0.132. The van der Waals surface area contributed by atoms with Gasteiger partial charge in [0.15, 0.2) is 0 Å². The molecule has 0 aromatic heterocycles. The van der Waals surface area contributed by atoms with Gasteiger partial charge in [-0.2, -0.15) is 0 Å². The molecular weight excluding hydrogens is 252 g/mol. The number of likely N-dealkylation sites (N-methyl/N-ethyl adjacent to an activating group) is 1. The van der Waals surface area contributed by atoms with Crippen molar-refractivity contribution in [3.05, 3.63) is 0 Å². The first-order chi connectivity index (χ1) is 9.67. The number of amides is 1. The summed E-state index contributed by atoms with van der Waals surface area (Å²) in [5, 5.41) is 6.69. The van der Waals surface area contributed by atoms with Crippen LogP contribution in [0.15, 0.2) is 0 Å². The van der Waals surface area contributed by atoms with E-state index < -0.39 is 0 Å². The van der Waals surface area contributed by atoms with Gasteiger partial charge in [0.2, 0.25) is 5.91 Å². The van der Waals surface area contributed by atoms with Crippen LogP contribution in [-0.4, -0.2) is 37.7 Å². The highest BCUT2D eigenvalue weighted by molar-refractivity contribution is 5.80. The predicted octanol–water partition coefficient (Wildman–Crippen LogP) is 1.31. The van der Waals surface area contributed by atoms with Gasteiger partial charge in [0.1, 0.15) is 0 Å². The smallest absolute Gasteiger partial charge is 0.227 e. The molecule has 4 heteroatoms. The molecule has 5 aliphatic rings. The molecule has 0 aromatic carbocycles. The fraction of sp³-hybridized carbons (Fsp3) is 0.938. The molecule has 0 spiro atoms. The SMILES string of the molecule is CNC1COCC1C(=O)NC12CC3CC(CC(C3)C1)C2. The Bertz CT molecular complexity index is 374. The lowest BCUT2D eigenvalue weighted by atomic mass is 9.53. The molecule has 112 valence electrons. The Hall–Kier alpha value is -0.610. The van der Waals surface area contributed by atoms with Crippen molar-refractivity contribution in [2.24, 2.45) is 23.7 Å². The first-order valence-corrected chi connectivity index (χ1v) is 8.24. The summed E-state index contributed by atoms with van der Waals surface area (Å²) in [6, 6.07) is 0.184. The number of hydrogen-bond acceptors (Lipinski definition) is 3. The zero-order valence-electron chi connectivity index (χ0n) is 12.4. The zero-order valence-corrected chi connectivity index (χ0v) is 12.4. The van der Waals surface area contributed by atoms with Crippen molar-refractivity contribution in [2.75, 3.05) is 20.3 Å². The average Bonchev–Trinajstić information content (AvgIpc) is 2.84. The van der Waals surface area contributed by atoms with Crippen LogP contribution >= 0.6 is 0 Å². The topological polar surface area (TPSA) is 50.4 Å². The van der Waals surface area contributed by atoms with Crippen molar-refractivity contribution >= 4 is 5.91 Å². The minimum atomic E-state index is -0.00648. The second kappa shape index (κ2) is 4.70. The number of hydrogen-bond donors (Lipinski definition) is 2. The molecular formula is C16H26N2O2. The molecule has 4 nitrogen and oxygen atoms in total. The van der Waals surface area contributed by atoms with E-state index in [1.54, 1.807) is 0 Å². The predicted molar refractivity (Wildman–Crippen MR) is 76.2 cm³/mol. The van der Waals surface area contributed by atoms with Gasteiger partial charge in [-0.05, 0) is 63.3 Å². The van der Waals surface area contributed by atoms with Crippen LogP contribution in [0.25, 0.3) is 0 Å². The van der Waals surface area contributed by atoms with Gasteiger partial charge in [-0.25, -0.2) is 0 Å². The summed E-state index contributed by atoms with van der Waals surface area (Å²) in [4.78, 5) is 12.7. The van der Waals surface area contributed by atoms with Gasteiger partial charge < -0.3 is 15.4 Å². The van der Waals surface area contributed by atoms with Crippen LogP contribution in [0.4, 0.5) is 0 Å². The third-order valence-electron chi connectivity index (χ3n) is 6.21. The van der Waals surface area contributed by atoms with Gasteiger partial charge in [0.25, 0.3) is 0 Å². The fourth-order valence-electron chi connectivity index (χ4n) is 5.71. The summed E-state index contributed by atoms with van der Waals surface area (Å²) < 4.78 is 5.48. The number of ether oxygens (including phenoxy) is 1. The number of carbonyl (C=O) groups excluding carboxylic acids is 1. The van der Waals surface area contributed by atoms with E-state index in [1.807, 2.05) is 7.05 Å². The Morgan fingerprint density at radius 1 is 1.05 bits per heavy atom. The Morgan fingerprint density at radius 2 is 1.65 bits per heavy atom. The van der Waals surface area contributed by atoms with Crippen molar-refractivity contribution in [3.8, 4) is 0 Å². The molecule has 1 saturated heterocycles. The molecule has 5 rings (SSSR count). The molecule has 5 fully saturated rings. The van der Waals surface area contributed by atoms with Crippen LogP contribution in [0.1, 0.15) is 38.5 Å². The van der Waals surface area contributed by atoms with Crippen LogP contribution < -0.4 is 10.6 Å². The molecule has 4 bridgehead atoms. The van der Waals surface area contributed by atoms with Gasteiger partial charge in [-0.3, -0.25) is 4.79 Å². The molecule has 1 heterocycles. The van der Waals surface area contributed by atoms with E-state index in [4.69, 9.17) is 4.74 Å². The Morgan fingerprint density at radius 3 is 2.20 bits per heavy atom. The first-order valence-electron chi connectivity index (χ1n) is 8.24. The number of rotatable bonds is 3. The quantitative estimate of drug-likeness (QED) is 0.818.